The van der Waals surface area contributed by atoms with Gasteiger partial charge < -0.3 is 10.5 Å². The molecule has 0 atom stereocenters. The molecular formula is C11H11N3O3. The van der Waals surface area contributed by atoms with Crippen molar-refractivity contribution < 1.29 is 9.66 Å². The van der Waals surface area contributed by atoms with Crippen LogP contribution < -0.4 is 10.5 Å². The molecule has 1 heterocycles. The van der Waals surface area contributed by atoms with Gasteiger partial charge in [0, 0.05) is 18.8 Å². The van der Waals surface area contributed by atoms with Gasteiger partial charge in [0.25, 0.3) is 5.69 Å². The van der Waals surface area contributed by atoms with Crippen molar-refractivity contribution in [3.8, 4) is 5.75 Å². The van der Waals surface area contributed by atoms with Crippen molar-refractivity contribution in [1.82, 2.24) is 4.98 Å². The Morgan fingerprint density at radius 3 is 2.94 bits per heavy atom. The van der Waals surface area contributed by atoms with Crippen LogP contribution in [0.25, 0.3) is 10.9 Å². The number of pyridine rings is 1. The summed E-state index contributed by atoms with van der Waals surface area (Å²) in [5, 5.41) is 11.3. The van der Waals surface area contributed by atoms with Crippen molar-refractivity contribution in [3.05, 3.63) is 40.6 Å². The lowest BCUT2D eigenvalue weighted by molar-refractivity contribution is -0.383. The van der Waals surface area contributed by atoms with Gasteiger partial charge in [0.2, 0.25) is 0 Å². The summed E-state index contributed by atoms with van der Waals surface area (Å²) in [6.07, 6.45) is 1.57. The third kappa shape index (κ3) is 2.16. The maximum Gasteiger partial charge on any atom is 0.279 e. The molecule has 6 nitrogen and oxygen atoms in total. The number of nitro benzene ring substituents is 1. The van der Waals surface area contributed by atoms with Gasteiger partial charge in [-0.15, -0.1) is 0 Å². The highest BCUT2D eigenvalue weighted by atomic mass is 16.6. The zero-order valence-corrected chi connectivity index (χ0v) is 9.00. The van der Waals surface area contributed by atoms with E-state index in [0.29, 0.717) is 29.8 Å². The highest BCUT2D eigenvalue weighted by Crippen LogP contribution is 2.30. The Kier molecular flexibility index (Phi) is 3.15. The van der Waals surface area contributed by atoms with Gasteiger partial charge in [-0.1, -0.05) is 0 Å². The van der Waals surface area contributed by atoms with Crippen LogP contribution in [-0.2, 0) is 0 Å². The van der Waals surface area contributed by atoms with Crippen molar-refractivity contribution >= 4 is 16.6 Å². The number of nitro groups is 1. The van der Waals surface area contributed by atoms with Crippen molar-refractivity contribution in [1.29, 1.82) is 0 Å². The predicted molar refractivity (Wildman–Crippen MR) is 62.9 cm³/mol. The third-order valence-corrected chi connectivity index (χ3v) is 2.28. The maximum absolute atomic E-state index is 10.9. The van der Waals surface area contributed by atoms with Crippen LogP contribution in [0.3, 0.4) is 0 Å². The van der Waals surface area contributed by atoms with Crippen LogP contribution in [0.1, 0.15) is 0 Å². The molecule has 0 unspecified atom stereocenters. The predicted octanol–water partition coefficient (Wildman–Crippen LogP) is 1.48. The summed E-state index contributed by atoms with van der Waals surface area (Å²) in [6.45, 7) is 0.731. The summed E-state index contributed by atoms with van der Waals surface area (Å²) in [5.41, 5.74) is 5.85. The molecule has 17 heavy (non-hydrogen) atoms. The van der Waals surface area contributed by atoms with Crippen LogP contribution >= 0.6 is 0 Å². The van der Waals surface area contributed by atoms with Crippen LogP contribution in [0, 0.1) is 10.1 Å². The summed E-state index contributed by atoms with van der Waals surface area (Å²) in [4.78, 5) is 14.5. The van der Waals surface area contributed by atoms with E-state index in [1.54, 1.807) is 24.4 Å². The Labute approximate surface area is 97.2 Å². The van der Waals surface area contributed by atoms with E-state index in [9.17, 15) is 10.1 Å². The molecule has 2 N–H and O–H groups in total. The molecule has 0 amide bonds. The number of aromatic nitrogens is 1. The second-order valence-electron chi connectivity index (χ2n) is 3.38. The minimum absolute atomic E-state index is 0.0215. The van der Waals surface area contributed by atoms with Gasteiger partial charge >= 0.3 is 0 Å². The maximum atomic E-state index is 10.9. The number of hydrogen-bond acceptors (Lipinski definition) is 5. The van der Waals surface area contributed by atoms with E-state index in [0.717, 1.165) is 0 Å². The lowest BCUT2D eigenvalue weighted by atomic mass is 10.1. The third-order valence-electron chi connectivity index (χ3n) is 2.28. The molecule has 1 aromatic carbocycles. The van der Waals surface area contributed by atoms with Crippen LogP contribution in [-0.4, -0.2) is 23.1 Å². The van der Waals surface area contributed by atoms with E-state index < -0.39 is 4.92 Å². The van der Waals surface area contributed by atoms with Crippen LogP contribution in [0.15, 0.2) is 30.5 Å². The van der Waals surface area contributed by atoms with Gasteiger partial charge in [0.1, 0.15) is 17.9 Å². The first kappa shape index (κ1) is 11.3. The normalized spacial score (nSPS) is 10.4. The number of benzene rings is 1. The van der Waals surface area contributed by atoms with Gasteiger partial charge in [0.05, 0.1) is 10.3 Å². The fourth-order valence-corrected chi connectivity index (χ4v) is 1.58. The Morgan fingerprint density at radius 1 is 1.41 bits per heavy atom. The quantitative estimate of drug-likeness (QED) is 0.637. The highest BCUT2D eigenvalue weighted by Gasteiger charge is 2.15. The van der Waals surface area contributed by atoms with Gasteiger partial charge in [0.15, 0.2) is 0 Å². The van der Waals surface area contributed by atoms with Crippen LogP contribution in [0.2, 0.25) is 0 Å². The second-order valence-corrected chi connectivity index (χ2v) is 3.38. The SMILES string of the molecule is NCCOc1ccc([N+](=O)[O-])c2cccnc12. The molecule has 0 radical (unpaired) electrons. The first-order valence-corrected chi connectivity index (χ1v) is 5.09. The molecule has 0 bridgehead atoms. The van der Waals surface area contributed by atoms with E-state index in [1.165, 1.54) is 6.07 Å². The average molecular weight is 233 g/mol. The summed E-state index contributed by atoms with van der Waals surface area (Å²) >= 11 is 0. The van der Waals surface area contributed by atoms with Crippen LogP contribution in [0.5, 0.6) is 5.75 Å². The van der Waals surface area contributed by atoms with E-state index in [4.69, 9.17) is 10.5 Å². The number of nitrogens with zero attached hydrogens (tertiary/aromatic N) is 2. The molecule has 1 aromatic heterocycles. The number of fused-ring (bicyclic) bond motifs is 1. The Balaban J connectivity index is 2.58. The topological polar surface area (TPSA) is 91.3 Å². The zero-order valence-electron chi connectivity index (χ0n) is 9.00. The Hall–Kier alpha value is -2.21. The summed E-state index contributed by atoms with van der Waals surface area (Å²) < 4.78 is 5.39. The summed E-state index contributed by atoms with van der Waals surface area (Å²) in [6, 6.07) is 6.26. The van der Waals surface area contributed by atoms with Crippen LogP contribution in [0.4, 0.5) is 5.69 Å². The second kappa shape index (κ2) is 4.75. The largest absolute Gasteiger partial charge is 0.490 e. The van der Waals surface area contributed by atoms with Gasteiger partial charge in [-0.2, -0.15) is 0 Å². The Morgan fingerprint density at radius 2 is 2.24 bits per heavy atom. The number of ether oxygens (including phenoxy) is 1. The Bertz CT molecular complexity index is 557. The van der Waals surface area contributed by atoms with E-state index >= 15 is 0 Å². The minimum atomic E-state index is -0.434. The van der Waals surface area contributed by atoms with E-state index in [-0.39, 0.29) is 5.69 Å². The summed E-state index contributed by atoms with van der Waals surface area (Å²) in [5.74, 6) is 0.511. The lowest BCUT2D eigenvalue weighted by Gasteiger charge is -2.07. The monoisotopic (exact) mass is 233 g/mol. The van der Waals surface area contributed by atoms with Crippen molar-refractivity contribution in [3.63, 3.8) is 0 Å². The number of nitrogens with two attached hydrogens (primary N) is 1. The zero-order chi connectivity index (χ0) is 12.3. The van der Waals surface area contributed by atoms with Crippen molar-refractivity contribution in [2.75, 3.05) is 13.2 Å². The summed E-state index contributed by atoms with van der Waals surface area (Å²) in [7, 11) is 0. The first-order chi connectivity index (χ1) is 8.24. The molecule has 2 rings (SSSR count). The minimum Gasteiger partial charge on any atom is -0.490 e. The molecule has 2 aromatic rings. The lowest BCUT2D eigenvalue weighted by Crippen LogP contribution is -2.11. The molecule has 0 fully saturated rings. The molecular weight excluding hydrogens is 222 g/mol. The molecule has 88 valence electrons. The van der Waals surface area contributed by atoms with E-state index in [2.05, 4.69) is 4.98 Å². The van der Waals surface area contributed by atoms with Gasteiger partial charge in [-0.3, -0.25) is 15.1 Å². The average Bonchev–Trinajstić information content (AvgIpc) is 2.35. The molecule has 0 saturated carbocycles. The van der Waals surface area contributed by atoms with E-state index in [1.807, 2.05) is 0 Å². The highest BCUT2D eigenvalue weighted by molar-refractivity contribution is 5.92. The molecule has 0 aliphatic rings. The molecule has 0 spiro atoms. The number of rotatable bonds is 4. The molecule has 0 aliphatic carbocycles. The van der Waals surface area contributed by atoms with Gasteiger partial charge in [-0.05, 0) is 18.2 Å². The standard InChI is InChI=1S/C11H11N3O3/c12-5-7-17-10-4-3-9(14(15)16)8-2-1-6-13-11(8)10/h1-4,6H,5,7,12H2. The number of non-ortho nitro benzene ring substituents is 1. The van der Waals surface area contributed by atoms with Crippen molar-refractivity contribution in [2.45, 2.75) is 0 Å². The number of hydrogen-bond donors (Lipinski definition) is 1. The van der Waals surface area contributed by atoms with Gasteiger partial charge in [-0.25, -0.2) is 0 Å². The smallest absolute Gasteiger partial charge is 0.279 e. The first-order valence-electron chi connectivity index (χ1n) is 5.09. The van der Waals surface area contributed by atoms with Crippen molar-refractivity contribution in [2.24, 2.45) is 5.73 Å². The fourth-order valence-electron chi connectivity index (χ4n) is 1.58. The molecule has 0 aliphatic heterocycles. The molecule has 6 heteroatoms. The molecule has 0 saturated heterocycles. The fraction of sp³-hybridized carbons (Fsp3) is 0.182.